The van der Waals surface area contributed by atoms with Gasteiger partial charge in [-0.1, -0.05) is 24.3 Å². The van der Waals surface area contributed by atoms with Gasteiger partial charge < -0.3 is 20.2 Å². The Morgan fingerprint density at radius 3 is 2.38 bits per heavy atom. The summed E-state index contributed by atoms with van der Waals surface area (Å²) in [5.41, 5.74) is 3.66. The van der Waals surface area contributed by atoms with Crippen molar-refractivity contribution >= 4 is 45.7 Å². The molecule has 0 aliphatic carbocycles. The summed E-state index contributed by atoms with van der Waals surface area (Å²) in [5.74, 6) is -0.301. The maximum absolute atomic E-state index is 12.4. The van der Waals surface area contributed by atoms with E-state index in [1.807, 2.05) is 0 Å². The minimum absolute atomic E-state index is 0.167. The Hall–Kier alpha value is -3.35. The largest absolute Gasteiger partial charge is 0.383 e. The Morgan fingerprint density at radius 1 is 1.06 bits per heavy atom. The number of fused-ring (bicyclic) bond motifs is 1. The van der Waals surface area contributed by atoms with Crippen LogP contribution in [0, 0.1) is 12.1 Å². The molecule has 3 aromatic rings. The molecule has 9 nitrogen and oxygen atoms in total. The average molecular weight is 502 g/mol. The van der Waals surface area contributed by atoms with E-state index in [2.05, 4.69) is 21.4 Å². The summed E-state index contributed by atoms with van der Waals surface area (Å²) >= 11 is 0. The van der Waals surface area contributed by atoms with Gasteiger partial charge in [0.15, 0.2) is 0 Å². The summed E-state index contributed by atoms with van der Waals surface area (Å²) < 4.78 is 50.1. The lowest BCUT2D eigenvalue weighted by Crippen LogP contribution is -2.28. The predicted octanol–water partition coefficient (Wildman–Crippen LogP) is 4.16. The summed E-state index contributed by atoms with van der Waals surface area (Å²) in [6.45, 7) is 2.55. The van der Waals surface area contributed by atoms with Crippen LogP contribution in [0.1, 0.15) is 17.3 Å². The molecule has 178 valence electrons. The fraction of sp³-hybridized carbons (Fsp3) is 0.174. The highest BCUT2D eigenvalue weighted by molar-refractivity contribution is 7.86. The standard InChI is InChI=1S/C23H24N3O6PS/c1-3-32-33(28,4-2)26-18-13-11-17(12-14-18)23(27)25-16-15-24-21-9-5-8-20-19(21)7-6-10-22(20)34(29,30)31/h2,5-14,24H,3,15-16H2,1H3,(H,25,27)(H,26,28)(H,29,30,31). The molecule has 34 heavy (non-hydrogen) atoms. The topological polar surface area (TPSA) is 134 Å². The summed E-state index contributed by atoms with van der Waals surface area (Å²) in [6, 6.07) is 16.0. The van der Waals surface area contributed by atoms with Crippen molar-refractivity contribution in [2.75, 3.05) is 30.1 Å². The number of amides is 1. The molecule has 1 unspecified atom stereocenters. The number of benzene rings is 3. The first-order valence-corrected chi connectivity index (χ1v) is 13.4. The molecule has 0 aromatic heterocycles. The molecule has 0 aliphatic heterocycles. The van der Waals surface area contributed by atoms with Crippen LogP contribution in [0.15, 0.2) is 65.6 Å². The third kappa shape index (κ3) is 6.16. The maximum atomic E-state index is 12.4. The molecule has 0 saturated carbocycles. The van der Waals surface area contributed by atoms with Gasteiger partial charge in [0, 0.05) is 46.5 Å². The lowest BCUT2D eigenvalue weighted by atomic mass is 10.1. The van der Waals surface area contributed by atoms with Gasteiger partial charge >= 0.3 is 7.52 Å². The number of terminal acetylenes is 1. The number of rotatable bonds is 10. The molecular weight excluding hydrogens is 477 g/mol. The van der Waals surface area contributed by atoms with Gasteiger partial charge in [-0.15, -0.1) is 6.42 Å². The van der Waals surface area contributed by atoms with Crippen LogP contribution in [0.5, 0.6) is 0 Å². The molecule has 0 radical (unpaired) electrons. The second-order valence-corrected chi connectivity index (χ2v) is 10.3. The second kappa shape index (κ2) is 10.7. The molecule has 1 amide bonds. The average Bonchev–Trinajstić information content (AvgIpc) is 2.81. The van der Waals surface area contributed by atoms with Crippen LogP contribution in [-0.4, -0.2) is 38.6 Å². The van der Waals surface area contributed by atoms with Crippen molar-refractivity contribution in [2.45, 2.75) is 11.8 Å². The van der Waals surface area contributed by atoms with Crippen LogP contribution in [0.4, 0.5) is 11.4 Å². The van der Waals surface area contributed by atoms with Crippen molar-refractivity contribution in [1.82, 2.24) is 5.32 Å². The van der Waals surface area contributed by atoms with Crippen molar-refractivity contribution in [1.29, 1.82) is 0 Å². The summed E-state index contributed by atoms with van der Waals surface area (Å²) in [7, 11) is -7.77. The summed E-state index contributed by atoms with van der Waals surface area (Å²) in [6.07, 6.45) is 5.28. The summed E-state index contributed by atoms with van der Waals surface area (Å²) in [5, 5.41) is 9.64. The second-order valence-electron chi connectivity index (χ2n) is 7.10. The zero-order valence-electron chi connectivity index (χ0n) is 18.3. The first-order valence-electron chi connectivity index (χ1n) is 10.3. The van der Waals surface area contributed by atoms with Gasteiger partial charge in [0.05, 0.1) is 6.61 Å². The predicted molar refractivity (Wildman–Crippen MR) is 133 cm³/mol. The number of anilines is 2. The first-order chi connectivity index (χ1) is 16.2. The van der Waals surface area contributed by atoms with E-state index in [-0.39, 0.29) is 17.4 Å². The zero-order chi connectivity index (χ0) is 24.8. The van der Waals surface area contributed by atoms with Crippen LogP contribution in [0.25, 0.3) is 10.8 Å². The highest BCUT2D eigenvalue weighted by Crippen LogP contribution is 2.45. The van der Waals surface area contributed by atoms with Gasteiger partial charge in [-0.05, 0) is 43.3 Å². The number of nitrogens with one attached hydrogen (secondary N) is 3. The number of hydrogen-bond acceptors (Lipinski definition) is 6. The Balaban J connectivity index is 1.59. The smallest absolute Gasteiger partial charge is 0.367 e. The van der Waals surface area contributed by atoms with E-state index >= 15 is 0 Å². The highest BCUT2D eigenvalue weighted by Gasteiger charge is 2.19. The third-order valence-corrected chi connectivity index (χ3v) is 7.22. The van der Waals surface area contributed by atoms with E-state index in [9.17, 15) is 22.3 Å². The normalized spacial score (nSPS) is 13.0. The van der Waals surface area contributed by atoms with E-state index < -0.39 is 17.6 Å². The van der Waals surface area contributed by atoms with Gasteiger partial charge in [-0.3, -0.25) is 13.9 Å². The molecule has 0 bridgehead atoms. The van der Waals surface area contributed by atoms with Crippen molar-refractivity contribution in [3.8, 4) is 12.1 Å². The number of carbonyl (C=O) groups is 1. The molecule has 3 rings (SSSR count). The SMILES string of the molecule is C#CP(=O)(Nc1ccc(C(=O)NCCNc2cccc3c(S(=O)(=O)O)cccc23)cc1)OCC. The Morgan fingerprint density at radius 2 is 1.74 bits per heavy atom. The van der Waals surface area contributed by atoms with Crippen molar-refractivity contribution < 1.29 is 26.9 Å². The van der Waals surface area contributed by atoms with Crippen LogP contribution in [0.2, 0.25) is 0 Å². The van der Waals surface area contributed by atoms with Crippen molar-refractivity contribution in [3.05, 3.63) is 66.2 Å². The number of hydrogen-bond donors (Lipinski definition) is 4. The van der Waals surface area contributed by atoms with E-state index in [4.69, 9.17) is 10.9 Å². The lowest BCUT2D eigenvalue weighted by Gasteiger charge is -2.14. The molecule has 1 atom stereocenters. The van der Waals surface area contributed by atoms with E-state index in [0.717, 1.165) is 0 Å². The fourth-order valence-electron chi connectivity index (χ4n) is 3.29. The van der Waals surface area contributed by atoms with Crippen LogP contribution in [0.3, 0.4) is 0 Å². The minimum atomic E-state index is -4.35. The fourth-order valence-corrected chi connectivity index (χ4v) is 5.05. The molecule has 0 spiro atoms. The Labute approximate surface area is 198 Å². The molecule has 3 aromatic carbocycles. The molecule has 0 fully saturated rings. The van der Waals surface area contributed by atoms with Crippen LogP contribution < -0.4 is 15.7 Å². The van der Waals surface area contributed by atoms with Crippen molar-refractivity contribution in [2.24, 2.45) is 0 Å². The highest BCUT2D eigenvalue weighted by atomic mass is 32.2. The Kier molecular flexibility index (Phi) is 7.97. The van der Waals surface area contributed by atoms with Gasteiger partial charge in [0.1, 0.15) is 4.90 Å². The molecular formula is C23H24N3O6PS. The van der Waals surface area contributed by atoms with Crippen LogP contribution in [-0.2, 0) is 19.2 Å². The van der Waals surface area contributed by atoms with Gasteiger partial charge in [-0.25, -0.2) is 0 Å². The zero-order valence-corrected chi connectivity index (χ0v) is 20.0. The minimum Gasteiger partial charge on any atom is -0.383 e. The lowest BCUT2D eigenvalue weighted by molar-refractivity contribution is 0.0955. The molecule has 11 heteroatoms. The monoisotopic (exact) mass is 501 g/mol. The molecule has 0 aliphatic rings. The summed E-state index contributed by atoms with van der Waals surface area (Å²) in [4.78, 5) is 12.2. The van der Waals surface area contributed by atoms with E-state index in [0.29, 0.717) is 40.8 Å². The molecule has 4 N–H and O–H groups in total. The third-order valence-electron chi connectivity index (χ3n) is 4.79. The van der Waals surface area contributed by atoms with E-state index in [1.165, 1.54) is 6.07 Å². The molecule has 0 heterocycles. The first kappa shape index (κ1) is 25.3. The maximum Gasteiger partial charge on any atom is 0.367 e. The van der Waals surface area contributed by atoms with Crippen molar-refractivity contribution in [3.63, 3.8) is 0 Å². The Bertz CT molecular complexity index is 1380. The quantitative estimate of drug-likeness (QED) is 0.141. The molecule has 0 saturated heterocycles. The van der Waals surface area contributed by atoms with Gasteiger partial charge in [0.25, 0.3) is 16.0 Å². The van der Waals surface area contributed by atoms with E-state index in [1.54, 1.807) is 61.5 Å². The number of carbonyl (C=O) groups excluding carboxylic acids is 1. The van der Waals surface area contributed by atoms with Gasteiger partial charge in [-0.2, -0.15) is 8.42 Å². The van der Waals surface area contributed by atoms with Crippen LogP contribution >= 0.6 is 7.52 Å². The van der Waals surface area contributed by atoms with Gasteiger partial charge in [0.2, 0.25) is 0 Å².